The van der Waals surface area contributed by atoms with Crippen molar-refractivity contribution in [1.82, 2.24) is 9.55 Å². The zero-order valence-electron chi connectivity index (χ0n) is 12.6. The summed E-state index contributed by atoms with van der Waals surface area (Å²) in [6, 6.07) is 15.1. The fraction of sp³-hybridized carbons (Fsp3) is 0.176. The average molecular weight is 310 g/mol. The number of rotatable bonds is 6. The molecule has 0 radical (unpaired) electrons. The standard InChI is InChI=1S/C17H18N4O2/c18-16(23)13-7-5-12(6-8-13)11-21-15-4-2-1-3-14(15)20-17(21)19-9-10-22/h1-8,22H,9-11H2,(H2,18,23)(H,19,20). The van der Waals surface area contributed by atoms with Gasteiger partial charge in [0.25, 0.3) is 0 Å². The van der Waals surface area contributed by atoms with E-state index in [2.05, 4.69) is 10.3 Å². The third-order valence-electron chi connectivity index (χ3n) is 3.63. The minimum atomic E-state index is -0.435. The van der Waals surface area contributed by atoms with E-state index in [1.807, 2.05) is 41.0 Å². The van der Waals surface area contributed by atoms with Gasteiger partial charge < -0.3 is 20.7 Å². The van der Waals surface area contributed by atoms with Crippen molar-refractivity contribution in [3.05, 3.63) is 59.7 Å². The fourth-order valence-electron chi connectivity index (χ4n) is 2.50. The molecule has 0 atom stereocenters. The predicted molar refractivity (Wildman–Crippen MR) is 89.4 cm³/mol. The van der Waals surface area contributed by atoms with Crippen LogP contribution >= 0.6 is 0 Å². The second-order valence-corrected chi connectivity index (χ2v) is 5.22. The molecule has 118 valence electrons. The van der Waals surface area contributed by atoms with E-state index in [1.54, 1.807) is 12.1 Å². The number of amides is 1. The predicted octanol–water partition coefficient (Wildman–Crippen LogP) is 1.59. The van der Waals surface area contributed by atoms with Crippen molar-refractivity contribution >= 4 is 22.9 Å². The molecule has 0 saturated carbocycles. The molecule has 2 aromatic carbocycles. The zero-order valence-corrected chi connectivity index (χ0v) is 12.6. The van der Waals surface area contributed by atoms with Crippen molar-refractivity contribution < 1.29 is 9.90 Å². The van der Waals surface area contributed by atoms with Crippen LogP contribution in [0.4, 0.5) is 5.95 Å². The van der Waals surface area contributed by atoms with Crippen LogP contribution in [0, 0.1) is 0 Å². The number of fused-ring (bicyclic) bond motifs is 1. The second kappa shape index (κ2) is 6.50. The molecule has 23 heavy (non-hydrogen) atoms. The van der Waals surface area contributed by atoms with Crippen molar-refractivity contribution in [2.45, 2.75) is 6.54 Å². The molecule has 0 bridgehead atoms. The Kier molecular flexibility index (Phi) is 4.25. The third kappa shape index (κ3) is 3.17. The maximum atomic E-state index is 11.1. The number of carbonyl (C=O) groups is 1. The Morgan fingerprint density at radius 2 is 1.91 bits per heavy atom. The first-order valence-corrected chi connectivity index (χ1v) is 7.38. The molecule has 1 aromatic heterocycles. The van der Waals surface area contributed by atoms with Gasteiger partial charge in [0, 0.05) is 12.1 Å². The fourth-order valence-corrected chi connectivity index (χ4v) is 2.50. The molecule has 1 heterocycles. The minimum absolute atomic E-state index is 0.0382. The molecule has 0 spiro atoms. The number of anilines is 1. The molecule has 6 heteroatoms. The molecule has 0 fully saturated rings. The number of primary amides is 1. The first kappa shape index (κ1) is 15.1. The SMILES string of the molecule is NC(=O)c1ccc(Cn2c(NCCO)nc3ccccc32)cc1. The summed E-state index contributed by atoms with van der Waals surface area (Å²) in [5, 5.41) is 12.2. The lowest BCUT2D eigenvalue weighted by atomic mass is 10.1. The van der Waals surface area contributed by atoms with Gasteiger partial charge in [-0.2, -0.15) is 0 Å². The molecule has 6 nitrogen and oxygen atoms in total. The Labute approximate surface area is 133 Å². The van der Waals surface area contributed by atoms with Gasteiger partial charge in [0.15, 0.2) is 0 Å². The van der Waals surface area contributed by atoms with Gasteiger partial charge in [0.05, 0.1) is 24.2 Å². The van der Waals surface area contributed by atoms with Crippen LogP contribution in [0.15, 0.2) is 48.5 Å². The van der Waals surface area contributed by atoms with Gasteiger partial charge in [-0.1, -0.05) is 24.3 Å². The van der Waals surface area contributed by atoms with Crippen LogP contribution in [0.2, 0.25) is 0 Å². The number of carbonyl (C=O) groups excluding carboxylic acids is 1. The van der Waals surface area contributed by atoms with Crippen molar-refractivity contribution in [3.63, 3.8) is 0 Å². The highest BCUT2D eigenvalue weighted by Gasteiger charge is 2.10. The highest BCUT2D eigenvalue weighted by atomic mass is 16.3. The van der Waals surface area contributed by atoms with Crippen molar-refractivity contribution in [1.29, 1.82) is 0 Å². The first-order valence-electron chi connectivity index (χ1n) is 7.38. The zero-order chi connectivity index (χ0) is 16.2. The smallest absolute Gasteiger partial charge is 0.248 e. The Bertz CT molecular complexity index is 824. The normalized spacial score (nSPS) is 10.8. The van der Waals surface area contributed by atoms with Gasteiger partial charge in [-0.3, -0.25) is 4.79 Å². The van der Waals surface area contributed by atoms with Crippen LogP contribution in [-0.2, 0) is 6.54 Å². The van der Waals surface area contributed by atoms with Crippen molar-refractivity contribution in [2.75, 3.05) is 18.5 Å². The largest absolute Gasteiger partial charge is 0.395 e. The van der Waals surface area contributed by atoms with E-state index in [0.29, 0.717) is 24.6 Å². The topological polar surface area (TPSA) is 93.2 Å². The molecule has 1 amide bonds. The lowest BCUT2D eigenvalue weighted by molar-refractivity contribution is 0.100. The maximum Gasteiger partial charge on any atom is 0.248 e. The van der Waals surface area contributed by atoms with E-state index in [9.17, 15) is 4.79 Å². The van der Waals surface area contributed by atoms with Gasteiger partial charge in [0.1, 0.15) is 0 Å². The van der Waals surface area contributed by atoms with Crippen LogP contribution in [-0.4, -0.2) is 33.7 Å². The number of nitrogens with two attached hydrogens (primary N) is 1. The lowest BCUT2D eigenvalue weighted by Crippen LogP contribution is -2.13. The molecular weight excluding hydrogens is 292 g/mol. The quantitative estimate of drug-likeness (QED) is 0.644. The van der Waals surface area contributed by atoms with Crippen LogP contribution in [0.5, 0.6) is 0 Å². The van der Waals surface area contributed by atoms with Crippen LogP contribution in [0.25, 0.3) is 11.0 Å². The van der Waals surface area contributed by atoms with Gasteiger partial charge in [-0.25, -0.2) is 4.98 Å². The van der Waals surface area contributed by atoms with Gasteiger partial charge in [0.2, 0.25) is 11.9 Å². The van der Waals surface area contributed by atoms with Crippen molar-refractivity contribution in [2.24, 2.45) is 5.73 Å². The van der Waals surface area contributed by atoms with E-state index < -0.39 is 5.91 Å². The summed E-state index contributed by atoms with van der Waals surface area (Å²) in [6.07, 6.45) is 0. The number of nitrogens with one attached hydrogen (secondary N) is 1. The number of aliphatic hydroxyl groups is 1. The van der Waals surface area contributed by atoms with Gasteiger partial charge >= 0.3 is 0 Å². The number of hydrogen-bond donors (Lipinski definition) is 3. The van der Waals surface area contributed by atoms with Crippen molar-refractivity contribution in [3.8, 4) is 0 Å². The van der Waals surface area contributed by atoms with E-state index in [4.69, 9.17) is 10.8 Å². The molecule has 3 rings (SSSR count). The number of para-hydroxylation sites is 2. The number of aliphatic hydroxyl groups excluding tert-OH is 1. The van der Waals surface area contributed by atoms with Gasteiger partial charge in [-0.05, 0) is 29.8 Å². The molecule has 0 saturated heterocycles. The Balaban J connectivity index is 1.95. The van der Waals surface area contributed by atoms with E-state index >= 15 is 0 Å². The highest BCUT2D eigenvalue weighted by molar-refractivity contribution is 5.92. The van der Waals surface area contributed by atoms with E-state index in [-0.39, 0.29) is 6.61 Å². The summed E-state index contributed by atoms with van der Waals surface area (Å²) in [6.45, 7) is 1.08. The average Bonchev–Trinajstić information content (AvgIpc) is 2.91. The molecule has 3 aromatic rings. The van der Waals surface area contributed by atoms with E-state index in [1.165, 1.54) is 0 Å². The molecule has 0 unspecified atom stereocenters. The van der Waals surface area contributed by atoms with Gasteiger partial charge in [-0.15, -0.1) is 0 Å². The first-order chi connectivity index (χ1) is 11.2. The number of nitrogens with zero attached hydrogens (tertiary/aromatic N) is 2. The molecular formula is C17H18N4O2. The molecule has 0 aliphatic rings. The third-order valence-corrected chi connectivity index (χ3v) is 3.63. The number of hydrogen-bond acceptors (Lipinski definition) is 4. The summed E-state index contributed by atoms with van der Waals surface area (Å²) in [5.41, 5.74) is 8.68. The summed E-state index contributed by atoms with van der Waals surface area (Å²) in [7, 11) is 0. The van der Waals surface area contributed by atoms with Crippen LogP contribution < -0.4 is 11.1 Å². The summed E-state index contributed by atoms with van der Waals surface area (Å²) < 4.78 is 2.05. The molecule has 0 aliphatic carbocycles. The van der Waals surface area contributed by atoms with Crippen LogP contribution in [0.3, 0.4) is 0 Å². The number of aromatic nitrogens is 2. The summed E-state index contributed by atoms with van der Waals surface area (Å²) in [5.74, 6) is 0.272. The lowest BCUT2D eigenvalue weighted by Gasteiger charge is -2.10. The highest BCUT2D eigenvalue weighted by Crippen LogP contribution is 2.21. The summed E-state index contributed by atoms with van der Waals surface area (Å²) in [4.78, 5) is 15.7. The number of imidazole rings is 1. The van der Waals surface area contributed by atoms with E-state index in [0.717, 1.165) is 16.6 Å². The Morgan fingerprint density at radius 3 is 2.61 bits per heavy atom. The summed E-state index contributed by atoms with van der Waals surface area (Å²) >= 11 is 0. The Morgan fingerprint density at radius 1 is 1.17 bits per heavy atom. The number of benzene rings is 2. The molecule has 4 N–H and O–H groups in total. The monoisotopic (exact) mass is 310 g/mol. The maximum absolute atomic E-state index is 11.1. The molecule has 0 aliphatic heterocycles. The van der Waals surface area contributed by atoms with Crippen LogP contribution in [0.1, 0.15) is 15.9 Å². The minimum Gasteiger partial charge on any atom is -0.395 e. The Hall–Kier alpha value is -2.86. The second-order valence-electron chi connectivity index (χ2n) is 5.22.